The average Bonchev–Trinajstić information content (AvgIpc) is 2.02. The third-order valence-electron chi connectivity index (χ3n) is 2.29. The van der Waals surface area contributed by atoms with Gasteiger partial charge in [-0.2, -0.15) is 0 Å². The van der Waals surface area contributed by atoms with Gasteiger partial charge in [-0.05, 0) is 33.9 Å². The van der Waals surface area contributed by atoms with E-state index in [4.69, 9.17) is 0 Å². The highest BCUT2D eigenvalue weighted by molar-refractivity contribution is 4.71. The molecule has 2 heteroatoms. The number of hydrogen-bond acceptors (Lipinski definition) is 2. The van der Waals surface area contributed by atoms with Gasteiger partial charge in [0, 0.05) is 18.6 Å². The molecule has 0 spiro atoms. The van der Waals surface area contributed by atoms with Crippen LogP contribution >= 0.6 is 0 Å². The second-order valence-corrected chi connectivity index (χ2v) is 4.22. The SMILES string of the molecule is CCCC(CC)NC(C)CN(C)C. The molecule has 0 heterocycles. The number of likely N-dealkylation sites (N-methyl/N-ethyl adjacent to an activating group) is 1. The largest absolute Gasteiger partial charge is 0.310 e. The Balaban J connectivity index is 3.65. The number of hydrogen-bond donors (Lipinski definition) is 1. The maximum Gasteiger partial charge on any atom is 0.0169 e. The van der Waals surface area contributed by atoms with Gasteiger partial charge in [-0.3, -0.25) is 0 Å². The molecule has 0 fully saturated rings. The number of nitrogens with one attached hydrogen (secondary N) is 1. The van der Waals surface area contributed by atoms with E-state index in [0.29, 0.717) is 12.1 Å². The molecule has 80 valence electrons. The van der Waals surface area contributed by atoms with Gasteiger partial charge in [-0.1, -0.05) is 20.3 Å². The van der Waals surface area contributed by atoms with Crippen molar-refractivity contribution in [1.29, 1.82) is 0 Å². The summed E-state index contributed by atoms with van der Waals surface area (Å²) in [6, 6.07) is 1.31. The zero-order valence-electron chi connectivity index (χ0n) is 9.93. The molecule has 0 aliphatic rings. The summed E-state index contributed by atoms with van der Waals surface area (Å²) < 4.78 is 0. The van der Waals surface area contributed by atoms with Crippen LogP contribution in [0.1, 0.15) is 40.0 Å². The maximum atomic E-state index is 3.66. The molecule has 0 rings (SSSR count). The van der Waals surface area contributed by atoms with Gasteiger partial charge < -0.3 is 10.2 Å². The standard InChI is InChI=1S/C11H26N2/c1-6-8-11(7-2)12-10(3)9-13(4)5/h10-12H,6-9H2,1-5H3. The van der Waals surface area contributed by atoms with Gasteiger partial charge in [-0.15, -0.1) is 0 Å². The van der Waals surface area contributed by atoms with E-state index >= 15 is 0 Å². The molecule has 13 heavy (non-hydrogen) atoms. The summed E-state index contributed by atoms with van der Waals surface area (Å²) >= 11 is 0. The van der Waals surface area contributed by atoms with Crippen molar-refractivity contribution in [2.45, 2.75) is 52.1 Å². The van der Waals surface area contributed by atoms with Gasteiger partial charge in [0.2, 0.25) is 0 Å². The topological polar surface area (TPSA) is 15.3 Å². The lowest BCUT2D eigenvalue weighted by Crippen LogP contribution is -2.41. The van der Waals surface area contributed by atoms with Crippen LogP contribution in [0.2, 0.25) is 0 Å². The van der Waals surface area contributed by atoms with Crippen LogP contribution in [-0.4, -0.2) is 37.6 Å². The maximum absolute atomic E-state index is 3.66. The molecule has 0 aliphatic carbocycles. The molecule has 0 bridgehead atoms. The highest BCUT2D eigenvalue weighted by Gasteiger charge is 2.09. The first kappa shape index (κ1) is 12.9. The van der Waals surface area contributed by atoms with E-state index in [9.17, 15) is 0 Å². The monoisotopic (exact) mass is 186 g/mol. The van der Waals surface area contributed by atoms with Gasteiger partial charge in [0.15, 0.2) is 0 Å². The Kier molecular flexibility index (Phi) is 7.29. The van der Waals surface area contributed by atoms with E-state index < -0.39 is 0 Å². The number of rotatable bonds is 7. The van der Waals surface area contributed by atoms with E-state index in [0.717, 1.165) is 6.54 Å². The van der Waals surface area contributed by atoms with Gasteiger partial charge >= 0.3 is 0 Å². The fourth-order valence-electron chi connectivity index (χ4n) is 1.76. The molecule has 2 nitrogen and oxygen atoms in total. The quantitative estimate of drug-likeness (QED) is 0.655. The minimum absolute atomic E-state index is 0.603. The molecule has 0 aromatic rings. The first-order chi connectivity index (χ1) is 6.10. The van der Waals surface area contributed by atoms with E-state index in [-0.39, 0.29) is 0 Å². The zero-order chi connectivity index (χ0) is 10.3. The molecular formula is C11H26N2. The predicted octanol–water partition coefficient (Wildman–Crippen LogP) is 2.10. The third kappa shape index (κ3) is 7.03. The second kappa shape index (κ2) is 7.34. The van der Waals surface area contributed by atoms with Crippen molar-refractivity contribution >= 4 is 0 Å². The molecule has 0 saturated heterocycles. The smallest absolute Gasteiger partial charge is 0.0169 e. The Morgan fingerprint density at radius 3 is 2.23 bits per heavy atom. The van der Waals surface area contributed by atoms with E-state index in [1.165, 1.54) is 19.3 Å². The molecule has 0 aliphatic heterocycles. The van der Waals surface area contributed by atoms with Crippen molar-refractivity contribution in [3.63, 3.8) is 0 Å². The van der Waals surface area contributed by atoms with Crippen molar-refractivity contribution in [3.05, 3.63) is 0 Å². The van der Waals surface area contributed by atoms with Crippen molar-refractivity contribution < 1.29 is 0 Å². The molecule has 0 aromatic carbocycles. The lowest BCUT2D eigenvalue weighted by Gasteiger charge is -2.24. The van der Waals surface area contributed by atoms with E-state index in [1.54, 1.807) is 0 Å². The summed E-state index contributed by atoms with van der Waals surface area (Å²) in [7, 11) is 4.25. The Labute approximate surface area is 83.7 Å². The molecule has 0 radical (unpaired) electrons. The van der Waals surface area contributed by atoms with Gasteiger partial charge in [0.05, 0.1) is 0 Å². The highest BCUT2D eigenvalue weighted by Crippen LogP contribution is 2.02. The van der Waals surface area contributed by atoms with Crippen molar-refractivity contribution in [1.82, 2.24) is 10.2 Å². The summed E-state index contributed by atoms with van der Waals surface area (Å²) in [6.07, 6.45) is 3.82. The van der Waals surface area contributed by atoms with E-state index in [1.807, 2.05) is 0 Å². The van der Waals surface area contributed by atoms with Gasteiger partial charge in [0.25, 0.3) is 0 Å². The molecular weight excluding hydrogens is 160 g/mol. The fraction of sp³-hybridized carbons (Fsp3) is 1.00. The minimum Gasteiger partial charge on any atom is -0.310 e. The molecule has 2 unspecified atom stereocenters. The highest BCUT2D eigenvalue weighted by atomic mass is 15.1. The van der Waals surface area contributed by atoms with Gasteiger partial charge in [-0.25, -0.2) is 0 Å². The van der Waals surface area contributed by atoms with Crippen LogP contribution < -0.4 is 5.32 Å². The zero-order valence-corrected chi connectivity index (χ0v) is 9.93. The van der Waals surface area contributed by atoms with Crippen LogP contribution in [0.3, 0.4) is 0 Å². The summed E-state index contributed by atoms with van der Waals surface area (Å²) in [5.74, 6) is 0. The summed E-state index contributed by atoms with van der Waals surface area (Å²) in [6.45, 7) is 7.90. The first-order valence-corrected chi connectivity index (χ1v) is 5.50. The second-order valence-electron chi connectivity index (χ2n) is 4.22. The summed E-state index contributed by atoms with van der Waals surface area (Å²) in [5.41, 5.74) is 0. The van der Waals surface area contributed by atoms with Crippen molar-refractivity contribution in [3.8, 4) is 0 Å². The normalized spacial score (nSPS) is 16.2. The van der Waals surface area contributed by atoms with Gasteiger partial charge in [0.1, 0.15) is 0 Å². The summed E-state index contributed by atoms with van der Waals surface area (Å²) in [5, 5.41) is 3.66. The Morgan fingerprint density at radius 2 is 1.85 bits per heavy atom. The van der Waals surface area contributed by atoms with Crippen LogP contribution in [0, 0.1) is 0 Å². The molecule has 0 aromatic heterocycles. The Hall–Kier alpha value is -0.0800. The van der Waals surface area contributed by atoms with Crippen LogP contribution in [0.25, 0.3) is 0 Å². The molecule has 0 saturated carbocycles. The Morgan fingerprint density at radius 1 is 1.23 bits per heavy atom. The summed E-state index contributed by atoms with van der Waals surface area (Å²) in [4.78, 5) is 2.23. The number of nitrogens with zero attached hydrogens (tertiary/aromatic N) is 1. The predicted molar refractivity (Wildman–Crippen MR) is 60.1 cm³/mol. The third-order valence-corrected chi connectivity index (χ3v) is 2.29. The molecule has 2 atom stereocenters. The lowest BCUT2D eigenvalue weighted by molar-refractivity contribution is 0.318. The van der Waals surface area contributed by atoms with Crippen molar-refractivity contribution in [2.75, 3.05) is 20.6 Å². The van der Waals surface area contributed by atoms with Crippen molar-refractivity contribution in [2.24, 2.45) is 0 Å². The average molecular weight is 186 g/mol. The van der Waals surface area contributed by atoms with E-state index in [2.05, 4.69) is 45.1 Å². The first-order valence-electron chi connectivity index (χ1n) is 5.50. The van der Waals surface area contributed by atoms with Crippen LogP contribution in [-0.2, 0) is 0 Å². The fourth-order valence-corrected chi connectivity index (χ4v) is 1.76. The molecule has 0 amide bonds. The Bertz CT molecular complexity index is 113. The molecule has 1 N–H and O–H groups in total. The minimum atomic E-state index is 0.603. The lowest BCUT2D eigenvalue weighted by atomic mass is 10.1. The van der Waals surface area contributed by atoms with Crippen LogP contribution in [0.15, 0.2) is 0 Å². The van der Waals surface area contributed by atoms with Crippen LogP contribution in [0.4, 0.5) is 0 Å². The van der Waals surface area contributed by atoms with Crippen LogP contribution in [0.5, 0.6) is 0 Å².